The first-order valence-corrected chi connectivity index (χ1v) is 5.22. The summed E-state index contributed by atoms with van der Waals surface area (Å²) < 4.78 is 0. The van der Waals surface area contributed by atoms with Crippen LogP contribution in [0.25, 0.3) is 0 Å². The van der Waals surface area contributed by atoms with E-state index in [1.165, 1.54) is 0 Å². The highest BCUT2D eigenvalue weighted by Crippen LogP contribution is 2.27. The quantitative estimate of drug-likeness (QED) is 0.783. The monoisotopic (exact) mass is 184 g/mol. The molecule has 0 aliphatic rings. The molecule has 0 spiro atoms. The zero-order valence-electron chi connectivity index (χ0n) is 7.92. The molecule has 12 heavy (non-hydrogen) atoms. The van der Waals surface area contributed by atoms with Crippen LogP contribution in [0.3, 0.4) is 0 Å². The number of aromatic nitrogens is 1. The molecule has 1 aromatic heterocycles. The van der Waals surface area contributed by atoms with Gasteiger partial charge in [-0.15, -0.1) is 11.3 Å². The lowest BCUT2D eigenvalue weighted by atomic mass is 9.95. The zero-order chi connectivity index (χ0) is 9.19. The van der Waals surface area contributed by atoms with Crippen molar-refractivity contribution in [2.75, 3.05) is 0 Å². The van der Waals surface area contributed by atoms with Crippen molar-refractivity contribution in [3.63, 3.8) is 0 Å². The summed E-state index contributed by atoms with van der Waals surface area (Å²) in [5.41, 5.74) is 7.06. The lowest BCUT2D eigenvalue weighted by Gasteiger charge is -2.23. The van der Waals surface area contributed by atoms with Crippen molar-refractivity contribution in [3.8, 4) is 0 Å². The molecule has 1 aromatic rings. The molecule has 3 heteroatoms. The summed E-state index contributed by atoms with van der Waals surface area (Å²) >= 11 is 1.67. The fourth-order valence-electron chi connectivity index (χ4n) is 1.14. The van der Waals surface area contributed by atoms with E-state index in [2.05, 4.69) is 24.2 Å². The molecule has 0 saturated heterocycles. The van der Waals surface area contributed by atoms with Gasteiger partial charge in [-0.3, -0.25) is 0 Å². The van der Waals surface area contributed by atoms with Crippen molar-refractivity contribution in [2.24, 2.45) is 5.73 Å². The highest BCUT2D eigenvalue weighted by molar-refractivity contribution is 7.09. The van der Waals surface area contributed by atoms with Crippen LogP contribution in [0, 0.1) is 6.92 Å². The maximum Gasteiger partial charge on any atom is 0.113 e. The molecule has 68 valence electrons. The average molecular weight is 184 g/mol. The summed E-state index contributed by atoms with van der Waals surface area (Å²) in [6, 6.07) is 0. The van der Waals surface area contributed by atoms with Gasteiger partial charge in [-0.2, -0.15) is 0 Å². The second-order valence-corrected chi connectivity index (χ2v) is 4.02. The minimum Gasteiger partial charge on any atom is -0.319 e. The standard InChI is InChI=1S/C9H16N2S/c1-4-9(10,5-2)8-11-7(3)6-12-8/h6H,4-5,10H2,1-3H3. The topological polar surface area (TPSA) is 38.9 Å². The first kappa shape index (κ1) is 9.68. The molecule has 0 saturated carbocycles. The van der Waals surface area contributed by atoms with E-state index < -0.39 is 0 Å². The van der Waals surface area contributed by atoms with Gasteiger partial charge in [0.2, 0.25) is 0 Å². The van der Waals surface area contributed by atoms with Crippen LogP contribution in [0.1, 0.15) is 37.4 Å². The smallest absolute Gasteiger partial charge is 0.113 e. The van der Waals surface area contributed by atoms with Crippen molar-refractivity contribution in [2.45, 2.75) is 39.2 Å². The molecule has 2 N–H and O–H groups in total. The van der Waals surface area contributed by atoms with Crippen molar-refractivity contribution in [1.82, 2.24) is 4.98 Å². The molecule has 1 heterocycles. The summed E-state index contributed by atoms with van der Waals surface area (Å²) in [7, 11) is 0. The van der Waals surface area contributed by atoms with E-state index in [0.29, 0.717) is 0 Å². The normalized spacial score (nSPS) is 12.0. The van der Waals surface area contributed by atoms with Crippen LogP contribution in [0.2, 0.25) is 0 Å². The first-order chi connectivity index (χ1) is 5.62. The number of hydrogen-bond acceptors (Lipinski definition) is 3. The molecule has 0 unspecified atom stereocenters. The summed E-state index contributed by atoms with van der Waals surface area (Å²) in [5.74, 6) is 0. The Labute approximate surface area is 77.8 Å². The van der Waals surface area contributed by atoms with Crippen molar-refractivity contribution in [1.29, 1.82) is 0 Å². The number of rotatable bonds is 3. The number of thiazole rings is 1. The maximum absolute atomic E-state index is 6.18. The van der Waals surface area contributed by atoms with Gasteiger partial charge < -0.3 is 5.73 Å². The summed E-state index contributed by atoms with van der Waals surface area (Å²) in [6.07, 6.45) is 1.91. The SMILES string of the molecule is CCC(N)(CC)c1nc(C)cs1. The molecular weight excluding hydrogens is 168 g/mol. The van der Waals surface area contributed by atoms with Crippen LogP contribution in [-0.2, 0) is 5.54 Å². The van der Waals surface area contributed by atoms with E-state index in [9.17, 15) is 0 Å². The highest BCUT2D eigenvalue weighted by atomic mass is 32.1. The van der Waals surface area contributed by atoms with Gasteiger partial charge in [0.25, 0.3) is 0 Å². The van der Waals surface area contributed by atoms with Gasteiger partial charge in [0.15, 0.2) is 0 Å². The minimum absolute atomic E-state index is 0.196. The predicted molar refractivity (Wildman–Crippen MR) is 53.3 cm³/mol. The molecule has 0 radical (unpaired) electrons. The van der Waals surface area contributed by atoms with Gasteiger partial charge in [0.1, 0.15) is 5.01 Å². The van der Waals surface area contributed by atoms with E-state index in [4.69, 9.17) is 5.73 Å². The van der Waals surface area contributed by atoms with E-state index in [0.717, 1.165) is 23.5 Å². The number of aryl methyl sites for hydroxylation is 1. The second-order valence-electron chi connectivity index (χ2n) is 3.16. The molecule has 0 fully saturated rings. The minimum atomic E-state index is -0.196. The third-order valence-corrected chi connectivity index (χ3v) is 3.49. The molecule has 0 aromatic carbocycles. The van der Waals surface area contributed by atoms with Crippen LogP contribution in [0.4, 0.5) is 0 Å². The predicted octanol–water partition coefficient (Wildman–Crippen LogP) is 2.43. The Bertz CT molecular complexity index is 251. The fraction of sp³-hybridized carbons (Fsp3) is 0.667. The Balaban J connectivity index is 2.94. The Morgan fingerprint density at radius 1 is 1.50 bits per heavy atom. The maximum atomic E-state index is 6.18. The van der Waals surface area contributed by atoms with Crippen LogP contribution in [0.15, 0.2) is 5.38 Å². The lowest BCUT2D eigenvalue weighted by Crippen LogP contribution is -2.34. The molecule has 0 amide bonds. The van der Waals surface area contributed by atoms with Crippen molar-refractivity contribution in [3.05, 3.63) is 16.1 Å². The molecule has 1 rings (SSSR count). The molecule has 0 atom stereocenters. The van der Waals surface area contributed by atoms with Gasteiger partial charge in [-0.25, -0.2) is 4.98 Å². The first-order valence-electron chi connectivity index (χ1n) is 4.34. The largest absolute Gasteiger partial charge is 0.319 e. The van der Waals surface area contributed by atoms with Crippen LogP contribution in [-0.4, -0.2) is 4.98 Å². The Morgan fingerprint density at radius 3 is 2.42 bits per heavy atom. The summed E-state index contributed by atoms with van der Waals surface area (Å²) in [5, 5.41) is 3.13. The van der Waals surface area contributed by atoms with Gasteiger partial charge in [-0.05, 0) is 19.8 Å². The fourth-order valence-corrected chi connectivity index (χ4v) is 2.19. The zero-order valence-corrected chi connectivity index (χ0v) is 8.74. The van der Waals surface area contributed by atoms with Crippen LogP contribution in [0.5, 0.6) is 0 Å². The molecular formula is C9H16N2S. The van der Waals surface area contributed by atoms with E-state index in [1.54, 1.807) is 11.3 Å². The summed E-state index contributed by atoms with van der Waals surface area (Å²) in [6.45, 7) is 6.23. The Kier molecular flexibility index (Phi) is 2.85. The summed E-state index contributed by atoms with van der Waals surface area (Å²) in [4.78, 5) is 4.42. The third kappa shape index (κ3) is 1.67. The highest BCUT2D eigenvalue weighted by Gasteiger charge is 2.25. The Hall–Kier alpha value is -0.410. The molecule has 0 aliphatic carbocycles. The molecule has 0 bridgehead atoms. The van der Waals surface area contributed by atoms with Gasteiger partial charge >= 0.3 is 0 Å². The van der Waals surface area contributed by atoms with Crippen molar-refractivity contribution >= 4 is 11.3 Å². The van der Waals surface area contributed by atoms with Crippen LogP contribution >= 0.6 is 11.3 Å². The molecule has 2 nitrogen and oxygen atoms in total. The number of hydrogen-bond donors (Lipinski definition) is 1. The lowest BCUT2D eigenvalue weighted by molar-refractivity contribution is 0.410. The number of nitrogens with two attached hydrogens (primary N) is 1. The third-order valence-electron chi connectivity index (χ3n) is 2.31. The van der Waals surface area contributed by atoms with E-state index in [1.807, 2.05) is 6.92 Å². The second kappa shape index (κ2) is 3.54. The van der Waals surface area contributed by atoms with Crippen molar-refractivity contribution < 1.29 is 0 Å². The average Bonchev–Trinajstić information content (AvgIpc) is 2.51. The van der Waals surface area contributed by atoms with Gasteiger partial charge in [0.05, 0.1) is 5.54 Å². The number of nitrogens with zero attached hydrogens (tertiary/aromatic N) is 1. The Morgan fingerprint density at radius 2 is 2.08 bits per heavy atom. The van der Waals surface area contributed by atoms with Crippen LogP contribution < -0.4 is 5.73 Å². The van der Waals surface area contributed by atoms with Gasteiger partial charge in [0, 0.05) is 11.1 Å². The van der Waals surface area contributed by atoms with E-state index >= 15 is 0 Å². The van der Waals surface area contributed by atoms with E-state index in [-0.39, 0.29) is 5.54 Å². The van der Waals surface area contributed by atoms with Gasteiger partial charge in [-0.1, -0.05) is 13.8 Å². The molecule has 0 aliphatic heterocycles.